The van der Waals surface area contributed by atoms with Crippen LogP contribution in [0.3, 0.4) is 0 Å². The average Bonchev–Trinajstić information content (AvgIpc) is 2.64. The largest absolute Gasteiger partial charge is 0.444 e. The number of carbonyl (C=O) groups is 1. The van der Waals surface area contributed by atoms with E-state index in [-0.39, 0.29) is 17.2 Å². The molecule has 128 valence electrons. The maximum atomic E-state index is 12.4. The normalized spacial score (nSPS) is 20.5. The highest BCUT2D eigenvalue weighted by Gasteiger charge is 2.40. The topological polar surface area (TPSA) is 38.8 Å². The second-order valence-corrected chi connectivity index (χ2v) is 13.5. The van der Waals surface area contributed by atoms with Gasteiger partial charge < -0.3 is 9.16 Å². The monoisotopic (exact) mass is 327 g/mol. The van der Waals surface area contributed by atoms with Crippen molar-refractivity contribution in [3.05, 3.63) is 12.2 Å². The molecule has 0 saturated carbocycles. The van der Waals surface area contributed by atoms with Gasteiger partial charge in [0.05, 0.1) is 12.6 Å². The van der Waals surface area contributed by atoms with Gasteiger partial charge in [-0.05, 0) is 45.3 Å². The molecule has 1 rings (SSSR count). The predicted octanol–water partition coefficient (Wildman–Crippen LogP) is 4.57. The van der Waals surface area contributed by atoms with E-state index in [1.807, 2.05) is 20.8 Å². The molecule has 1 saturated heterocycles. The Morgan fingerprint density at radius 1 is 1.27 bits per heavy atom. The van der Waals surface area contributed by atoms with E-state index in [2.05, 4.69) is 40.4 Å². The second-order valence-electron chi connectivity index (χ2n) is 8.67. The summed E-state index contributed by atoms with van der Waals surface area (Å²) in [4.78, 5) is 14.1. The lowest BCUT2D eigenvalue weighted by atomic mass is 10.1. The Morgan fingerprint density at radius 2 is 1.82 bits per heavy atom. The average molecular weight is 328 g/mol. The van der Waals surface area contributed by atoms with Crippen molar-refractivity contribution in [3.8, 4) is 0 Å². The Labute approximate surface area is 137 Å². The molecule has 0 aromatic heterocycles. The van der Waals surface area contributed by atoms with Gasteiger partial charge in [-0.1, -0.05) is 32.9 Å². The van der Waals surface area contributed by atoms with E-state index in [0.29, 0.717) is 13.2 Å². The number of carbonyl (C=O) groups excluding carboxylic acids is 1. The van der Waals surface area contributed by atoms with Crippen LogP contribution in [-0.4, -0.2) is 44.1 Å². The molecule has 0 spiro atoms. The summed E-state index contributed by atoms with van der Waals surface area (Å²) in [6.45, 7) is 22.1. The third kappa shape index (κ3) is 4.85. The maximum Gasteiger partial charge on any atom is 0.410 e. The SMILES string of the molecule is C=C1CCN(C(=O)OC(C)(C)C)C1CO[Si](C)(C)C(C)(C)C. The first-order chi connectivity index (χ1) is 9.74. The Balaban J connectivity index is 2.75. The van der Waals surface area contributed by atoms with Gasteiger partial charge in [0.1, 0.15) is 5.60 Å². The molecule has 1 amide bonds. The van der Waals surface area contributed by atoms with Gasteiger partial charge >= 0.3 is 6.09 Å². The fourth-order valence-corrected chi connectivity index (χ4v) is 3.07. The van der Waals surface area contributed by atoms with Gasteiger partial charge in [0.2, 0.25) is 0 Å². The van der Waals surface area contributed by atoms with Crippen LogP contribution in [0.4, 0.5) is 4.79 Å². The zero-order valence-corrected chi connectivity index (χ0v) is 16.6. The van der Waals surface area contributed by atoms with Crippen LogP contribution in [0.25, 0.3) is 0 Å². The first-order valence-corrected chi connectivity index (χ1v) is 11.0. The molecule has 22 heavy (non-hydrogen) atoms. The molecular weight excluding hydrogens is 294 g/mol. The lowest BCUT2D eigenvalue weighted by Gasteiger charge is -2.38. The number of rotatable bonds is 3. The summed E-state index contributed by atoms with van der Waals surface area (Å²) in [7, 11) is -1.83. The number of hydrogen-bond donors (Lipinski definition) is 0. The number of ether oxygens (including phenoxy) is 1. The second kappa shape index (κ2) is 6.36. The summed E-state index contributed by atoms with van der Waals surface area (Å²) in [5, 5.41) is 0.156. The molecule has 1 aliphatic heterocycles. The third-order valence-corrected chi connectivity index (χ3v) is 9.06. The van der Waals surface area contributed by atoms with Gasteiger partial charge in [-0.25, -0.2) is 4.79 Å². The first kappa shape index (κ1) is 19.2. The quantitative estimate of drug-likeness (QED) is 0.563. The highest BCUT2D eigenvalue weighted by molar-refractivity contribution is 6.74. The molecule has 5 heteroatoms. The van der Waals surface area contributed by atoms with Crippen molar-refractivity contribution in [2.24, 2.45) is 0 Å². The number of likely N-dealkylation sites (tertiary alicyclic amines) is 1. The number of nitrogens with zero attached hydrogens (tertiary/aromatic N) is 1. The standard InChI is InChI=1S/C17H33NO3Si/c1-13-10-11-18(15(19)21-16(2,3)4)14(13)12-20-22(8,9)17(5,6)7/h14H,1,10-12H2,2-9H3. The van der Waals surface area contributed by atoms with Gasteiger partial charge in [0, 0.05) is 6.54 Å². The number of hydrogen-bond acceptors (Lipinski definition) is 3. The van der Waals surface area contributed by atoms with E-state index in [9.17, 15) is 4.79 Å². The van der Waals surface area contributed by atoms with Gasteiger partial charge in [-0.2, -0.15) is 0 Å². The van der Waals surface area contributed by atoms with Crippen LogP contribution in [0, 0.1) is 0 Å². The van der Waals surface area contributed by atoms with Crippen LogP contribution >= 0.6 is 0 Å². The molecule has 0 radical (unpaired) electrons. The highest BCUT2D eigenvalue weighted by atomic mass is 28.4. The Morgan fingerprint density at radius 3 is 2.27 bits per heavy atom. The maximum absolute atomic E-state index is 12.4. The van der Waals surface area contributed by atoms with Crippen molar-refractivity contribution in [2.75, 3.05) is 13.2 Å². The molecule has 0 N–H and O–H groups in total. The van der Waals surface area contributed by atoms with E-state index >= 15 is 0 Å². The fraction of sp³-hybridized carbons (Fsp3) is 0.824. The summed E-state index contributed by atoms with van der Waals surface area (Å²) in [6, 6.07) is -0.0658. The Bertz CT molecular complexity index is 432. The van der Waals surface area contributed by atoms with Crippen LogP contribution in [0.15, 0.2) is 12.2 Å². The summed E-state index contributed by atoms with van der Waals surface area (Å²) in [6.07, 6.45) is 0.556. The molecule has 1 fully saturated rings. The van der Waals surface area contributed by atoms with Crippen LogP contribution in [0.2, 0.25) is 18.1 Å². The molecule has 0 aliphatic carbocycles. The van der Waals surface area contributed by atoms with Crippen molar-refractivity contribution in [2.45, 2.75) is 77.7 Å². The highest BCUT2D eigenvalue weighted by Crippen LogP contribution is 2.37. The van der Waals surface area contributed by atoms with Crippen molar-refractivity contribution >= 4 is 14.4 Å². The lowest BCUT2D eigenvalue weighted by Crippen LogP contribution is -2.47. The minimum absolute atomic E-state index is 0.0658. The third-order valence-electron chi connectivity index (χ3n) is 4.56. The molecule has 0 aromatic carbocycles. The molecule has 0 bridgehead atoms. The predicted molar refractivity (Wildman–Crippen MR) is 93.6 cm³/mol. The fourth-order valence-electron chi connectivity index (χ4n) is 2.06. The summed E-state index contributed by atoms with van der Waals surface area (Å²) in [5.74, 6) is 0. The van der Waals surface area contributed by atoms with Crippen LogP contribution in [0.1, 0.15) is 48.0 Å². The summed E-state index contributed by atoms with van der Waals surface area (Å²) < 4.78 is 11.8. The van der Waals surface area contributed by atoms with Gasteiger partial charge in [0.25, 0.3) is 0 Å². The Hall–Kier alpha value is -0.813. The minimum Gasteiger partial charge on any atom is -0.444 e. The van der Waals surface area contributed by atoms with Gasteiger partial charge in [-0.3, -0.25) is 4.90 Å². The van der Waals surface area contributed by atoms with E-state index in [0.717, 1.165) is 12.0 Å². The van der Waals surface area contributed by atoms with Crippen molar-refractivity contribution < 1.29 is 14.0 Å². The van der Waals surface area contributed by atoms with Crippen molar-refractivity contribution in [3.63, 3.8) is 0 Å². The van der Waals surface area contributed by atoms with Crippen LogP contribution < -0.4 is 0 Å². The molecule has 1 atom stereocenters. The molecule has 0 aromatic rings. The molecule has 1 unspecified atom stereocenters. The van der Waals surface area contributed by atoms with E-state index in [4.69, 9.17) is 9.16 Å². The van der Waals surface area contributed by atoms with Crippen molar-refractivity contribution in [1.82, 2.24) is 4.90 Å². The first-order valence-electron chi connectivity index (χ1n) is 8.06. The van der Waals surface area contributed by atoms with Gasteiger partial charge in [0.15, 0.2) is 8.32 Å². The van der Waals surface area contributed by atoms with E-state index in [1.54, 1.807) is 4.90 Å². The Kier molecular flexibility index (Phi) is 5.56. The zero-order chi connectivity index (χ0) is 17.3. The zero-order valence-electron chi connectivity index (χ0n) is 15.6. The molecule has 4 nitrogen and oxygen atoms in total. The van der Waals surface area contributed by atoms with Gasteiger partial charge in [-0.15, -0.1) is 0 Å². The molecule has 1 aliphatic rings. The smallest absolute Gasteiger partial charge is 0.410 e. The molecule has 1 heterocycles. The van der Waals surface area contributed by atoms with E-state index in [1.165, 1.54) is 0 Å². The summed E-state index contributed by atoms with van der Waals surface area (Å²) in [5.41, 5.74) is 0.579. The van der Waals surface area contributed by atoms with Crippen LogP contribution in [0.5, 0.6) is 0 Å². The lowest BCUT2D eigenvalue weighted by molar-refractivity contribution is 0.0200. The molecular formula is C17H33NO3Si. The van der Waals surface area contributed by atoms with E-state index < -0.39 is 13.9 Å². The van der Waals surface area contributed by atoms with Crippen molar-refractivity contribution in [1.29, 1.82) is 0 Å². The van der Waals surface area contributed by atoms with Crippen LogP contribution in [-0.2, 0) is 9.16 Å². The minimum atomic E-state index is -1.83. The summed E-state index contributed by atoms with van der Waals surface area (Å²) >= 11 is 0. The number of amides is 1.